The van der Waals surface area contributed by atoms with Crippen LogP contribution in [0.1, 0.15) is 29.2 Å². The van der Waals surface area contributed by atoms with E-state index in [0.717, 1.165) is 26.2 Å². The number of ether oxygens (including phenoxy) is 1. The van der Waals surface area contributed by atoms with Gasteiger partial charge in [0.25, 0.3) is 5.56 Å². The van der Waals surface area contributed by atoms with Crippen molar-refractivity contribution >= 4 is 50.6 Å². The number of fused-ring (bicyclic) bond motifs is 1. The maximum atomic E-state index is 13.5. The topological polar surface area (TPSA) is 73.8 Å². The second-order valence-corrected chi connectivity index (χ2v) is 10.6. The maximum Gasteiger partial charge on any atom is 0.338 e. The van der Waals surface area contributed by atoms with Gasteiger partial charge in [0.05, 0.1) is 22.9 Å². The Kier molecular flexibility index (Phi) is 6.01. The summed E-state index contributed by atoms with van der Waals surface area (Å²) in [5.41, 5.74) is 2.75. The van der Waals surface area contributed by atoms with Crippen molar-refractivity contribution < 1.29 is 13.9 Å². The lowest BCUT2D eigenvalue weighted by Gasteiger charge is -2.22. The summed E-state index contributed by atoms with van der Waals surface area (Å²) in [4.78, 5) is 32.1. The lowest BCUT2D eigenvalue weighted by Crippen LogP contribution is -2.39. The zero-order valence-electron chi connectivity index (χ0n) is 18.5. The zero-order chi connectivity index (χ0) is 24.0. The molecule has 1 unspecified atom stereocenters. The molecule has 5 rings (SSSR count). The fourth-order valence-electron chi connectivity index (χ4n) is 3.92. The second kappa shape index (κ2) is 8.98. The summed E-state index contributed by atoms with van der Waals surface area (Å²) >= 11 is 6.27. The average Bonchev–Trinajstić information content (AvgIpc) is 3.56. The third-order valence-electron chi connectivity index (χ3n) is 5.58. The molecule has 0 N–H and O–H groups in total. The monoisotopic (exact) mass is 554 g/mol. The highest BCUT2D eigenvalue weighted by molar-refractivity contribution is 9.10. The predicted octanol–water partition coefficient (Wildman–Crippen LogP) is 4.80. The molecule has 0 bridgehead atoms. The molecule has 3 aromatic heterocycles. The Hall–Kier alpha value is -3.01. The molecule has 172 valence electrons. The van der Waals surface area contributed by atoms with Crippen LogP contribution in [0.4, 0.5) is 0 Å². The molecule has 0 radical (unpaired) electrons. The van der Waals surface area contributed by atoms with Crippen molar-refractivity contribution in [1.82, 2.24) is 4.57 Å². The summed E-state index contributed by atoms with van der Waals surface area (Å²) in [6, 6.07) is 13.0. The minimum Gasteiger partial charge on any atom is -0.466 e. The Bertz CT molecular complexity index is 1620. The van der Waals surface area contributed by atoms with Gasteiger partial charge in [-0.3, -0.25) is 9.36 Å². The molecule has 1 aliphatic rings. The molecular weight excluding hydrogens is 536 g/mol. The molecule has 34 heavy (non-hydrogen) atoms. The minimum absolute atomic E-state index is 0.228. The van der Waals surface area contributed by atoms with Crippen molar-refractivity contribution in [1.29, 1.82) is 0 Å². The van der Waals surface area contributed by atoms with Gasteiger partial charge >= 0.3 is 5.97 Å². The molecule has 0 aliphatic carbocycles. The number of hydrogen-bond donors (Lipinski definition) is 0. The number of halogens is 1. The number of thiophene rings is 1. The van der Waals surface area contributed by atoms with Crippen LogP contribution in [0.15, 0.2) is 77.8 Å². The first-order chi connectivity index (χ1) is 16.4. The van der Waals surface area contributed by atoms with E-state index in [9.17, 15) is 9.59 Å². The van der Waals surface area contributed by atoms with Crippen LogP contribution < -0.4 is 14.9 Å². The molecule has 1 aromatic carbocycles. The number of rotatable bonds is 4. The fourth-order valence-corrected chi connectivity index (χ4v) is 6.02. The van der Waals surface area contributed by atoms with Crippen LogP contribution in [0.2, 0.25) is 0 Å². The Labute approximate surface area is 211 Å². The number of esters is 1. The van der Waals surface area contributed by atoms with E-state index in [4.69, 9.17) is 9.15 Å². The lowest BCUT2D eigenvalue weighted by molar-refractivity contribution is -0.136. The van der Waals surface area contributed by atoms with Crippen LogP contribution in [0.25, 0.3) is 17.4 Å². The Morgan fingerprint density at radius 2 is 2.06 bits per heavy atom. The number of methoxy groups -OCH3 is 1. The summed E-state index contributed by atoms with van der Waals surface area (Å²) in [5, 5.41) is 1.92. The fraction of sp³-hybridized carbons (Fsp3) is 0.160. The van der Waals surface area contributed by atoms with Gasteiger partial charge in [0.1, 0.15) is 17.6 Å². The number of nitrogens with zero attached hydrogens (tertiary/aromatic N) is 2. The van der Waals surface area contributed by atoms with Crippen molar-refractivity contribution in [2.75, 3.05) is 7.11 Å². The van der Waals surface area contributed by atoms with Crippen molar-refractivity contribution in [3.8, 4) is 11.3 Å². The van der Waals surface area contributed by atoms with Crippen molar-refractivity contribution in [3.63, 3.8) is 0 Å². The summed E-state index contributed by atoms with van der Waals surface area (Å²) in [5.74, 6) is 0.793. The number of allylic oxidation sites excluding steroid dienone is 1. The Morgan fingerprint density at radius 1 is 1.24 bits per heavy atom. The van der Waals surface area contributed by atoms with Crippen LogP contribution in [0.5, 0.6) is 0 Å². The standard InChI is InChI=1S/C25H19BrN2O4S2/c1-13-11-15(6-8-17(13)26)18-9-7-16(32-18)12-20-23(29)28-22(19-5-4-10-33-19)21(24(30)31-3)14(2)27-25(28)34-20/h4-12,22H,1-3H3. The van der Waals surface area contributed by atoms with E-state index in [1.165, 1.54) is 29.8 Å². The molecule has 1 aliphatic heterocycles. The van der Waals surface area contributed by atoms with Crippen molar-refractivity contribution in [3.05, 3.63) is 99.5 Å². The highest BCUT2D eigenvalue weighted by Gasteiger charge is 2.33. The van der Waals surface area contributed by atoms with Gasteiger partial charge in [-0.25, -0.2) is 9.79 Å². The van der Waals surface area contributed by atoms with Crippen LogP contribution in [-0.2, 0) is 9.53 Å². The van der Waals surface area contributed by atoms with E-state index in [1.54, 1.807) is 17.6 Å². The number of carbonyl (C=O) groups excluding carboxylic acids is 1. The average molecular weight is 555 g/mol. The number of aromatic nitrogens is 1. The second-order valence-electron chi connectivity index (χ2n) is 7.75. The lowest BCUT2D eigenvalue weighted by atomic mass is 10.0. The molecular formula is C25H19BrN2O4S2. The van der Waals surface area contributed by atoms with Gasteiger partial charge in [-0.05, 0) is 55.1 Å². The highest BCUT2D eigenvalue weighted by atomic mass is 79.9. The largest absolute Gasteiger partial charge is 0.466 e. The van der Waals surface area contributed by atoms with Crippen molar-refractivity contribution in [2.24, 2.45) is 4.99 Å². The first kappa shape index (κ1) is 22.8. The van der Waals surface area contributed by atoms with E-state index in [-0.39, 0.29) is 5.56 Å². The van der Waals surface area contributed by atoms with E-state index < -0.39 is 12.0 Å². The number of aryl methyl sites for hydroxylation is 1. The molecule has 0 spiro atoms. The van der Waals surface area contributed by atoms with Gasteiger partial charge in [-0.2, -0.15) is 0 Å². The molecule has 1 atom stereocenters. The predicted molar refractivity (Wildman–Crippen MR) is 137 cm³/mol. The normalized spacial score (nSPS) is 15.9. The number of hydrogen-bond acceptors (Lipinski definition) is 7. The van der Waals surface area contributed by atoms with Gasteiger partial charge in [0, 0.05) is 21.0 Å². The third-order valence-corrected chi connectivity index (χ3v) is 8.38. The summed E-state index contributed by atoms with van der Waals surface area (Å²) in [6.45, 7) is 3.79. The van der Waals surface area contributed by atoms with Gasteiger partial charge in [-0.15, -0.1) is 11.3 Å². The molecule has 6 nitrogen and oxygen atoms in total. The molecule has 4 heterocycles. The number of carbonyl (C=O) groups is 1. The molecule has 0 saturated heterocycles. The van der Waals surface area contributed by atoms with E-state index in [2.05, 4.69) is 20.9 Å². The van der Waals surface area contributed by atoms with E-state index in [0.29, 0.717) is 26.4 Å². The molecule has 0 amide bonds. The SMILES string of the molecule is COC(=O)C1=C(C)N=c2sc(=Cc3ccc(-c4ccc(Br)c(C)c4)o3)c(=O)n2C1c1cccs1. The van der Waals surface area contributed by atoms with Crippen LogP contribution in [-0.4, -0.2) is 17.6 Å². The van der Waals surface area contributed by atoms with E-state index in [1.807, 2.05) is 54.8 Å². The smallest absolute Gasteiger partial charge is 0.338 e. The quantitative estimate of drug-likeness (QED) is 0.339. The van der Waals surface area contributed by atoms with Gasteiger partial charge < -0.3 is 9.15 Å². The van der Waals surface area contributed by atoms with Crippen LogP contribution in [0.3, 0.4) is 0 Å². The van der Waals surface area contributed by atoms with Gasteiger partial charge in [0.15, 0.2) is 4.80 Å². The first-order valence-corrected chi connectivity index (χ1v) is 12.9. The maximum absolute atomic E-state index is 13.5. The van der Waals surface area contributed by atoms with Crippen LogP contribution in [0, 0.1) is 6.92 Å². The van der Waals surface area contributed by atoms with E-state index >= 15 is 0 Å². The number of thiazole rings is 1. The molecule has 0 saturated carbocycles. The minimum atomic E-state index is -0.580. The van der Waals surface area contributed by atoms with Crippen molar-refractivity contribution in [2.45, 2.75) is 19.9 Å². The highest BCUT2D eigenvalue weighted by Crippen LogP contribution is 2.33. The number of furan rings is 1. The van der Waals surface area contributed by atoms with Gasteiger partial charge in [-0.1, -0.05) is 39.4 Å². The van der Waals surface area contributed by atoms with Crippen LogP contribution >= 0.6 is 38.6 Å². The Morgan fingerprint density at radius 3 is 2.76 bits per heavy atom. The molecule has 0 fully saturated rings. The van der Waals surface area contributed by atoms with Gasteiger partial charge in [0.2, 0.25) is 0 Å². The zero-order valence-corrected chi connectivity index (χ0v) is 21.7. The Balaban J connectivity index is 1.62. The summed E-state index contributed by atoms with van der Waals surface area (Å²) in [6.07, 6.45) is 1.72. The number of benzene rings is 1. The first-order valence-electron chi connectivity index (χ1n) is 10.4. The molecule has 9 heteroatoms. The summed E-state index contributed by atoms with van der Waals surface area (Å²) < 4.78 is 14.1. The summed E-state index contributed by atoms with van der Waals surface area (Å²) in [7, 11) is 1.33. The molecule has 4 aromatic rings. The third kappa shape index (κ3) is 3.93.